The molecule has 1 aliphatic carbocycles. The Morgan fingerprint density at radius 2 is 1.79 bits per heavy atom. The van der Waals surface area contributed by atoms with E-state index in [0.29, 0.717) is 35.4 Å². The molecule has 0 radical (unpaired) electrons. The van der Waals surface area contributed by atoms with E-state index in [1.807, 2.05) is 44.2 Å². The number of aryl methyl sites for hydroxylation is 1. The van der Waals surface area contributed by atoms with Crippen molar-refractivity contribution in [3.05, 3.63) is 84.1 Å². The number of carbonyl (C=O) groups is 2. The van der Waals surface area contributed by atoms with Crippen LogP contribution >= 0.6 is 0 Å². The summed E-state index contributed by atoms with van der Waals surface area (Å²) in [6.07, 6.45) is 3.86. The maximum atomic E-state index is 16.0. The zero-order valence-electron chi connectivity index (χ0n) is 24.4. The smallest absolute Gasteiger partial charge is 0.412 e. The van der Waals surface area contributed by atoms with E-state index < -0.39 is 17.5 Å². The molecule has 0 bridgehead atoms. The van der Waals surface area contributed by atoms with E-state index in [4.69, 9.17) is 9.47 Å². The first-order chi connectivity index (χ1) is 20.0. The molecule has 2 aromatic heterocycles. The molecule has 1 aliphatic rings. The Balaban J connectivity index is 1.38. The van der Waals surface area contributed by atoms with Crippen molar-refractivity contribution in [2.45, 2.75) is 46.8 Å². The fraction of sp³-hybridized carbons (Fsp3) is 0.333. The summed E-state index contributed by atoms with van der Waals surface area (Å²) in [6.45, 7) is 10.1. The Labute approximate surface area is 244 Å². The van der Waals surface area contributed by atoms with Gasteiger partial charge in [0.15, 0.2) is 5.82 Å². The lowest BCUT2D eigenvalue weighted by atomic mass is 9.98. The topological polar surface area (TPSA) is 102 Å². The van der Waals surface area contributed by atoms with E-state index in [0.717, 1.165) is 11.1 Å². The van der Waals surface area contributed by atoms with Crippen LogP contribution in [0.15, 0.2) is 67.1 Å². The number of aromatic nitrogens is 2. The molecule has 4 aromatic rings. The van der Waals surface area contributed by atoms with Crippen molar-refractivity contribution >= 4 is 34.3 Å². The van der Waals surface area contributed by atoms with Gasteiger partial charge in [-0.1, -0.05) is 37.3 Å². The van der Waals surface area contributed by atoms with Crippen molar-refractivity contribution in [2.75, 3.05) is 17.2 Å². The second kappa shape index (κ2) is 11.9. The van der Waals surface area contributed by atoms with Gasteiger partial charge >= 0.3 is 6.09 Å². The van der Waals surface area contributed by atoms with Gasteiger partial charge in [0, 0.05) is 41.0 Å². The Hall–Kier alpha value is -4.37. The van der Waals surface area contributed by atoms with Crippen LogP contribution in [0.3, 0.4) is 0 Å². The molecule has 5 rings (SSSR count). The first-order valence-corrected chi connectivity index (χ1v) is 14.0. The SMILES string of the molecule is Cc1ccncc1-c1cc2cc(NC(=O)C3C(C)C3COCc3ccccc3)ncc2c(NC(=O)OC(C)(C)C)c1F. The Morgan fingerprint density at radius 1 is 1.02 bits per heavy atom. The van der Waals surface area contributed by atoms with Crippen molar-refractivity contribution in [2.24, 2.45) is 17.8 Å². The first-order valence-electron chi connectivity index (χ1n) is 14.0. The molecule has 1 saturated carbocycles. The van der Waals surface area contributed by atoms with Gasteiger partial charge < -0.3 is 14.8 Å². The minimum Gasteiger partial charge on any atom is -0.444 e. The molecular formula is C33H35FN4O4. The number of halogens is 1. The van der Waals surface area contributed by atoms with Crippen LogP contribution in [-0.2, 0) is 20.9 Å². The van der Waals surface area contributed by atoms with Crippen LogP contribution in [0.25, 0.3) is 21.9 Å². The zero-order chi connectivity index (χ0) is 30.0. The number of nitrogens with zero attached hydrogens (tertiary/aromatic N) is 2. The third-order valence-electron chi connectivity index (χ3n) is 7.45. The number of benzene rings is 2. The van der Waals surface area contributed by atoms with Gasteiger partial charge in [0.25, 0.3) is 0 Å². The number of nitrogens with one attached hydrogen (secondary N) is 2. The predicted molar refractivity (Wildman–Crippen MR) is 160 cm³/mol. The predicted octanol–water partition coefficient (Wildman–Crippen LogP) is 7.13. The minimum atomic E-state index is -0.789. The van der Waals surface area contributed by atoms with E-state index in [1.165, 1.54) is 6.20 Å². The zero-order valence-corrected chi connectivity index (χ0v) is 24.4. The van der Waals surface area contributed by atoms with Crippen molar-refractivity contribution in [1.29, 1.82) is 0 Å². The summed E-state index contributed by atoms with van der Waals surface area (Å²) in [4.78, 5) is 34.3. The van der Waals surface area contributed by atoms with Gasteiger partial charge in [-0.15, -0.1) is 0 Å². The second-order valence-electron chi connectivity index (χ2n) is 11.8. The molecule has 0 spiro atoms. The third kappa shape index (κ3) is 6.57. The molecule has 2 aromatic carbocycles. The second-order valence-corrected chi connectivity index (χ2v) is 11.8. The molecule has 8 nitrogen and oxygen atoms in total. The van der Waals surface area contributed by atoms with Gasteiger partial charge in [-0.3, -0.25) is 15.1 Å². The summed E-state index contributed by atoms with van der Waals surface area (Å²) in [5.41, 5.74) is 1.92. The van der Waals surface area contributed by atoms with Crippen LogP contribution in [0, 0.1) is 30.5 Å². The summed E-state index contributed by atoms with van der Waals surface area (Å²) in [5, 5.41) is 6.44. The van der Waals surface area contributed by atoms with Gasteiger partial charge in [-0.25, -0.2) is 14.2 Å². The molecule has 42 heavy (non-hydrogen) atoms. The maximum Gasteiger partial charge on any atom is 0.412 e. The summed E-state index contributed by atoms with van der Waals surface area (Å²) >= 11 is 0. The monoisotopic (exact) mass is 570 g/mol. The fourth-order valence-corrected chi connectivity index (χ4v) is 5.14. The highest BCUT2D eigenvalue weighted by Gasteiger charge is 2.51. The van der Waals surface area contributed by atoms with Gasteiger partial charge in [-0.2, -0.15) is 0 Å². The lowest BCUT2D eigenvalue weighted by Gasteiger charge is -2.21. The Bertz CT molecular complexity index is 1620. The van der Waals surface area contributed by atoms with Gasteiger partial charge in [0.1, 0.15) is 11.4 Å². The molecule has 2 amide bonds. The van der Waals surface area contributed by atoms with E-state index >= 15 is 4.39 Å². The average molecular weight is 571 g/mol. The number of ether oxygens (including phenoxy) is 2. The van der Waals surface area contributed by atoms with Crippen LogP contribution in [0.2, 0.25) is 0 Å². The first kappa shape index (κ1) is 29.1. The quantitative estimate of drug-likeness (QED) is 0.234. The highest BCUT2D eigenvalue weighted by molar-refractivity contribution is 6.04. The van der Waals surface area contributed by atoms with Crippen LogP contribution in [-0.4, -0.2) is 34.2 Å². The molecule has 0 saturated heterocycles. The van der Waals surface area contributed by atoms with Crippen LogP contribution in [0.5, 0.6) is 0 Å². The standard InChI is InChI=1S/C33H35FN4O4/c1-19-11-12-35-15-24(19)23-13-22-14-27(36-16-25(22)30(29(23)34)38-32(40)42-33(3,4)5)37-31(39)28-20(2)26(28)18-41-17-21-9-7-6-8-10-21/h6-16,20,26,28H,17-18H2,1-5H3,(H,38,40)(H,36,37,39). The van der Waals surface area contributed by atoms with Gasteiger partial charge in [0.05, 0.1) is 18.9 Å². The van der Waals surface area contributed by atoms with Crippen molar-refractivity contribution < 1.29 is 23.5 Å². The van der Waals surface area contributed by atoms with Crippen LogP contribution in [0.4, 0.5) is 20.7 Å². The average Bonchev–Trinajstić information content (AvgIpc) is 3.59. The molecule has 3 unspecified atom stereocenters. The number of anilines is 2. The van der Waals surface area contributed by atoms with Crippen molar-refractivity contribution in [3.8, 4) is 11.1 Å². The Morgan fingerprint density at radius 3 is 2.50 bits per heavy atom. The lowest BCUT2D eigenvalue weighted by Crippen LogP contribution is -2.27. The number of carbonyl (C=O) groups excluding carboxylic acids is 2. The van der Waals surface area contributed by atoms with Crippen molar-refractivity contribution in [3.63, 3.8) is 0 Å². The molecule has 218 valence electrons. The fourth-order valence-electron chi connectivity index (χ4n) is 5.14. The Kier molecular flexibility index (Phi) is 8.22. The molecular weight excluding hydrogens is 535 g/mol. The lowest BCUT2D eigenvalue weighted by molar-refractivity contribution is -0.118. The number of rotatable bonds is 8. The van der Waals surface area contributed by atoms with Crippen LogP contribution in [0.1, 0.15) is 38.8 Å². The molecule has 0 aliphatic heterocycles. The summed E-state index contributed by atoms with van der Waals surface area (Å²) in [6, 6.07) is 15.1. The highest BCUT2D eigenvalue weighted by atomic mass is 19.1. The number of amides is 2. The molecule has 1 fully saturated rings. The number of pyridine rings is 2. The van der Waals surface area contributed by atoms with E-state index in [-0.39, 0.29) is 34.9 Å². The number of hydrogen-bond acceptors (Lipinski definition) is 6. The van der Waals surface area contributed by atoms with Crippen LogP contribution < -0.4 is 10.6 Å². The minimum absolute atomic E-state index is 0.0585. The number of fused-ring (bicyclic) bond motifs is 1. The summed E-state index contributed by atoms with van der Waals surface area (Å²) in [5.74, 6) is -0.328. The van der Waals surface area contributed by atoms with E-state index in [1.54, 1.807) is 51.4 Å². The summed E-state index contributed by atoms with van der Waals surface area (Å²) < 4.78 is 27.2. The normalized spacial score (nSPS) is 18.0. The molecule has 2 heterocycles. The van der Waals surface area contributed by atoms with Crippen molar-refractivity contribution in [1.82, 2.24) is 9.97 Å². The maximum absolute atomic E-state index is 16.0. The van der Waals surface area contributed by atoms with Gasteiger partial charge in [0.2, 0.25) is 5.91 Å². The summed E-state index contributed by atoms with van der Waals surface area (Å²) in [7, 11) is 0. The third-order valence-corrected chi connectivity index (χ3v) is 7.45. The largest absolute Gasteiger partial charge is 0.444 e. The van der Waals surface area contributed by atoms with E-state index in [2.05, 4.69) is 20.6 Å². The highest BCUT2D eigenvalue weighted by Crippen LogP contribution is 2.47. The van der Waals surface area contributed by atoms with E-state index in [9.17, 15) is 9.59 Å². The number of hydrogen-bond donors (Lipinski definition) is 2. The molecule has 9 heteroatoms. The van der Waals surface area contributed by atoms with Gasteiger partial charge in [-0.05, 0) is 74.2 Å². The molecule has 2 N–H and O–H groups in total. The molecule has 3 atom stereocenters.